The number of nitrogens with two attached hydrogens (primary N) is 1. The van der Waals surface area contributed by atoms with E-state index in [-0.39, 0.29) is 17.9 Å². The van der Waals surface area contributed by atoms with Gasteiger partial charge >= 0.3 is 0 Å². The summed E-state index contributed by atoms with van der Waals surface area (Å²) >= 11 is 0. The van der Waals surface area contributed by atoms with Crippen molar-refractivity contribution in [2.75, 3.05) is 5.32 Å². The number of amides is 1. The lowest BCUT2D eigenvalue weighted by molar-refractivity contribution is -0.117. The number of carbonyl (C=O) groups is 1. The van der Waals surface area contributed by atoms with E-state index >= 15 is 0 Å². The molecule has 1 saturated carbocycles. The molecule has 0 radical (unpaired) electrons. The van der Waals surface area contributed by atoms with Crippen molar-refractivity contribution in [3.05, 3.63) is 65.7 Å². The zero-order valence-electron chi connectivity index (χ0n) is 12.1. The highest BCUT2D eigenvalue weighted by Gasteiger charge is 2.43. The van der Waals surface area contributed by atoms with Gasteiger partial charge in [-0.3, -0.25) is 4.79 Å². The van der Waals surface area contributed by atoms with Crippen LogP contribution in [0.5, 0.6) is 0 Å². The molecule has 108 valence electrons. The molecule has 2 aromatic rings. The predicted molar refractivity (Wildman–Crippen MR) is 85.0 cm³/mol. The molecular weight excluding hydrogens is 260 g/mol. The maximum Gasteiger partial charge on any atom is 0.228 e. The predicted octanol–water partition coefficient (Wildman–Crippen LogP) is 3.45. The number of rotatable bonds is 4. The van der Waals surface area contributed by atoms with Gasteiger partial charge in [-0.25, -0.2) is 0 Å². The van der Waals surface area contributed by atoms with Gasteiger partial charge in [-0.1, -0.05) is 42.5 Å². The van der Waals surface area contributed by atoms with Crippen LogP contribution in [-0.4, -0.2) is 5.91 Å². The van der Waals surface area contributed by atoms with E-state index < -0.39 is 0 Å². The molecule has 0 aliphatic heterocycles. The first-order valence-corrected chi connectivity index (χ1v) is 7.36. The summed E-state index contributed by atoms with van der Waals surface area (Å²) in [5.74, 6) is 0.576. The molecule has 3 rings (SSSR count). The van der Waals surface area contributed by atoms with Crippen LogP contribution < -0.4 is 11.1 Å². The Hall–Kier alpha value is -2.13. The normalized spacial score (nSPS) is 21.6. The number of hydrogen-bond donors (Lipinski definition) is 2. The lowest BCUT2D eigenvalue weighted by Gasteiger charge is -2.08. The van der Waals surface area contributed by atoms with Gasteiger partial charge < -0.3 is 11.1 Å². The SMILES string of the molecule is CC(N)c1ccc(NC(=O)C2CC2c2ccccc2)cc1. The van der Waals surface area contributed by atoms with Crippen molar-refractivity contribution >= 4 is 11.6 Å². The van der Waals surface area contributed by atoms with E-state index in [0.29, 0.717) is 5.92 Å². The monoisotopic (exact) mass is 280 g/mol. The number of hydrogen-bond acceptors (Lipinski definition) is 2. The molecule has 1 aliphatic rings. The van der Waals surface area contributed by atoms with Crippen LogP contribution >= 0.6 is 0 Å². The van der Waals surface area contributed by atoms with Crippen LogP contribution in [0.1, 0.15) is 36.4 Å². The quantitative estimate of drug-likeness (QED) is 0.901. The Morgan fingerprint density at radius 3 is 2.43 bits per heavy atom. The van der Waals surface area contributed by atoms with E-state index in [1.165, 1.54) is 5.56 Å². The molecule has 0 spiro atoms. The van der Waals surface area contributed by atoms with Crippen LogP contribution in [-0.2, 0) is 4.79 Å². The summed E-state index contributed by atoms with van der Waals surface area (Å²) < 4.78 is 0. The second-order valence-corrected chi connectivity index (χ2v) is 5.76. The van der Waals surface area contributed by atoms with Crippen LogP contribution in [0, 0.1) is 5.92 Å². The number of nitrogens with one attached hydrogen (secondary N) is 1. The molecule has 3 heteroatoms. The topological polar surface area (TPSA) is 55.1 Å². The summed E-state index contributed by atoms with van der Waals surface area (Å²) in [4.78, 5) is 12.2. The Bertz CT molecular complexity index is 619. The molecule has 21 heavy (non-hydrogen) atoms. The Morgan fingerprint density at radius 1 is 1.14 bits per heavy atom. The van der Waals surface area contributed by atoms with Gasteiger partial charge in [0.15, 0.2) is 0 Å². The fourth-order valence-corrected chi connectivity index (χ4v) is 2.66. The van der Waals surface area contributed by atoms with Crippen molar-refractivity contribution in [3.8, 4) is 0 Å². The number of benzene rings is 2. The van der Waals surface area contributed by atoms with E-state index in [9.17, 15) is 4.79 Å². The second-order valence-electron chi connectivity index (χ2n) is 5.76. The summed E-state index contributed by atoms with van der Waals surface area (Å²) in [6, 6.07) is 18.0. The smallest absolute Gasteiger partial charge is 0.228 e. The maximum atomic E-state index is 12.2. The fraction of sp³-hybridized carbons (Fsp3) is 0.278. The minimum absolute atomic E-state index is 0.0145. The zero-order chi connectivity index (χ0) is 14.8. The molecule has 1 amide bonds. The Balaban J connectivity index is 1.60. The first kappa shape index (κ1) is 13.8. The lowest BCUT2D eigenvalue weighted by atomic mass is 10.1. The van der Waals surface area contributed by atoms with Gasteiger partial charge in [0.25, 0.3) is 0 Å². The highest BCUT2D eigenvalue weighted by Crippen LogP contribution is 2.47. The average molecular weight is 280 g/mol. The van der Waals surface area contributed by atoms with Crippen LogP contribution in [0.15, 0.2) is 54.6 Å². The molecule has 1 fully saturated rings. The minimum atomic E-state index is 0.0145. The third-order valence-corrected chi connectivity index (χ3v) is 4.06. The molecule has 3 unspecified atom stereocenters. The van der Waals surface area contributed by atoms with Gasteiger partial charge in [-0.05, 0) is 42.5 Å². The van der Waals surface area contributed by atoms with Crippen molar-refractivity contribution < 1.29 is 4.79 Å². The van der Waals surface area contributed by atoms with E-state index in [0.717, 1.165) is 17.7 Å². The molecule has 3 nitrogen and oxygen atoms in total. The largest absolute Gasteiger partial charge is 0.326 e. The first-order valence-electron chi connectivity index (χ1n) is 7.36. The summed E-state index contributed by atoms with van der Waals surface area (Å²) in [6.07, 6.45) is 0.938. The summed E-state index contributed by atoms with van der Waals surface area (Å²) in [7, 11) is 0. The van der Waals surface area contributed by atoms with Gasteiger partial charge in [-0.2, -0.15) is 0 Å². The van der Waals surface area contributed by atoms with E-state index in [4.69, 9.17) is 5.73 Å². The average Bonchev–Trinajstić information content (AvgIpc) is 3.29. The van der Waals surface area contributed by atoms with Crippen molar-refractivity contribution in [1.82, 2.24) is 0 Å². The van der Waals surface area contributed by atoms with Crippen LogP contribution in [0.25, 0.3) is 0 Å². The highest BCUT2D eigenvalue weighted by atomic mass is 16.2. The highest BCUT2D eigenvalue weighted by molar-refractivity contribution is 5.95. The molecular formula is C18H20N2O. The standard InChI is InChI=1S/C18H20N2O/c1-12(19)13-7-9-15(10-8-13)20-18(21)17-11-16(17)14-5-3-2-4-6-14/h2-10,12,16-17H,11,19H2,1H3,(H,20,21). The molecule has 3 N–H and O–H groups in total. The van der Waals surface area contributed by atoms with Crippen LogP contribution in [0.4, 0.5) is 5.69 Å². The van der Waals surface area contributed by atoms with Crippen molar-refractivity contribution in [3.63, 3.8) is 0 Å². The van der Waals surface area contributed by atoms with Crippen molar-refractivity contribution in [2.45, 2.75) is 25.3 Å². The van der Waals surface area contributed by atoms with Gasteiger partial charge in [0.05, 0.1) is 0 Å². The molecule has 3 atom stereocenters. The van der Waals surface area contributed by atoms with Crippen molar-refractivity contribution in [1.29, 1.82) is 0 Å². The Morgan fingerprint density at radius 2 is 1.81 bits per heavy atom. The first-order chi connectivity index (χ1) is 10.1. The Kier molecular flexibility index (Phi) is 3.76. The summed E-state index contributed by atoms with van der Waals surface area (Å²) in [5, 5.41) is 2.99. The van der Waals surface area contributed by atoms with Crippen LogP contribution in [0.3, 0.4) is 0 Å². The van der Waals surface area contributed by atoms with Crippen molar-refractivity contribution in [2.24, 2.45) is 11.7 Å². The van der Waals surface area contributed by atoms with Gasteiger partial charge in [-0.15, -0.1) is 0 Å². The molecule has 1 aliphatic carbocycles. The van der Waals surface area contributed by atoms with E-state index in [2.05, 4.69) is 17.4 Å². The molecule has 2 aromatic carbocycles. The lowest BCUT2D eigenvalue weighted by Crippen LogP contribution is -2.14. The number of anilines is 1. The third-order valence-electron chi connectivity index (χ3n) is 4.06. The molecule has 0 aromatic heterocycles. The van der Waals surface area contributed by atoms with Gasteiger partial charge in [0.2, 0.25) is 5.91 Å². The summed E-state index contributed by atoms with van der Waals surface area (Å²) in [6.45, 7) is 1.95. The van der Waals surface area contributed by atoms with Gasteiger partial charge in [0.1, 0.15) is 0 Å². The molecule has 0 bridgehead atoms. The van der Waals surface area contributed by atoms with E-state index in [1.807, 2.05) is 49.4 Å². The van der Waals surface area contributed by atoms with E-state index in [1.54, 1.807) is 0 Å². The Labute approximate surface area is 125 Å². The minimum Gasteiger partial charge on any atom is -0.326 e. The van der Waals surface area contributed by atoms with Gasteiger partial charge in [0, 0.05) is 17.6 Å². The molecule has 0 heterocycles. The maximum absolute atomic E-state index is 12.2. The third kappa shape index (κ3) is 3.14. The van der Waals surface area contributed by atoms with Crippen LogP contribution in [0.2, 0.25) is 0 Å². The fourth-order valence-electron chi connectivity index (χ4n) is 2.66. The second kappa shape index (κ2) is 5.70. The zero-order valence-corrected chi connectivity index (χ0v) is 12.1. The summed E-state index contributed by atoms with van der Waals surface area (Å²) in [5.41, 5.74) is 8.98. The number of carbonyl (C=O) groups excluding carboxylic acids is 1. The molecule has 0 saturated heterocycles.